The second kappa shape index (κ2) is 15.0. The van der Waals surface area contributed by atoms with Gasteiger partial charge in [-0.1, -0.05) is 190 Å². The number of pyridine rings is 1. The van der Waals surface area contributed by atoms with Gasteiger partial charge in [0.15, 0.2) is 8.07 Å². The molecule has 1 aliphatic heterocycles. The zero-order valence-corrected chi connectivity index (χ0v) is 39.1. The van der Waals surface area contributed by atoms with E-state index >= 15 is 0 Å². The molecule has 0 unspecified atom stereocenters. The molecule has 3 aromatic heterocycles. The summed E-state index contributed by atoms with van der Waals surface area (Å²) in [4.78, 5) is 10.4. The molecule has 9 aromatic carbocycles. The Labute approximate surface area is 401 Å². The van der Waals surface area contributed by atoms with E-state index in [2.05, 4.69) is 247 Å². The minimum absolute atomic E-state index is 0.433. The van der Waals surface area contributed by atoms with Crippen molar-refractivity contribution in [2.75, 3.05) is 0 Å². The van der Waals surface area contributed by atoms with E-state index in [-0.39, 0.29) is 0 Å². The number of ether oxygens (including phenoxy) is 1. The van der Waals surface area contributed by atoms with Gasteiger partial charge in [-0.15, -0.1) is 0 Å². The third-order valence-corrected chi connectivity index (χ3v) is 19.7. The van der Waals surface area contributed by atoms with E-state index in [1.54, 1.807) is 0 Å². The van der Waals surface area contributed by atoms with E-state index in [1.165, 1.54) is 37.4 Å². The Bertz CT molecular complexity index is 3990. The van der Waals surface area contributed by atoms with Crippen molar-refractivity contribution in [3.63, 3.8) is 0 Å². The van der Waals surface area contributed by atoms with Crippen LogP contribution >= 0.6 is 0 Å². The number of benzene rings is 9. The SMILES string of the molecule is CC1(C)c2ccccc2Oc2c1cc(-n1c3ccccc3n3c4ccccc4nc13)cc2[Si](c1ccccc1)(c1ccccc1)c1ccc2c(c1)-c1ccccc1-c1cccnc1-c1ccccc1-2. The molecule has 0 N–H and O–H groups in total. The Morgan fingerprint density at radius 3 is 1.78 bits per heavy atom. The molecule has 0 bridgehead atoms. The van der Waals surface area contributed by atoms with Gasteiger partial charge in [0.25, 0.3) is 0 Å². The molecule has 0 radical (unpaired) electrons. The lowest BCUT2D eigenvalue weighted by Crippen LogP contribution is -2.75. The Morgan fingerprint density at radius 1 is 0.449 bits per heavy atom. The van der Waals surface area contributed by atoms with Crippen LogP contribution in [-0.4, -0.2) is 27.0 Å². The number of hydrogen-bond acceptors (Lipinski definition) is 3. The molecule has 14 rings (SSSR count). The monoisotopic (exact) mass is 900 g/mol. The highest BCUT2D eigenvalue weighted by atomic mass is 28.3. The Morgan fingerprint density at radius 2 is 1.03 bits per heavy atom. The summed E-state index contributed by atoms with van der Waals surface area (Å²) in [5.74, 6) is 2.67. The third kappa shape index (κ3) is 5.64. The summed E-state index contributed by atoms with van der Waals surface area (Å²) in [6.45, 7) is 4.71. The molecule has 0 saturated heterocycles. The molecule has 6 heteroatoms. The number of rotatable bonds is 5. The van der Waals surface area contributed by atoms with Crippen molar-refractivity contribution in [3.05, 3.63) is 242 Å². The molecule has 1 aliphatic carbocycles. The summed E-state index contributed by atoms with van der Waals surface area (Å²) >= 11 is 0. The molecule has 12 aromatic rings. The third-order valence-electron chi connectivity index (χ3n) is 14.9. The zero-order valence-electron chi connectivity index (χ0n) is 38.1. The minimum atomic E-state index is -3.42. The van der Waals surface area contributed by atoms with E-state index in [9.17, 15) is 0 Å². The summed E-state index contributed by atoms with van der Waals surface area (Å²) < 4.78 is 12.2. The highest BCUT2D eigenvalue weighted by Crippen LogP contribution is 2.50. The Hall–Kier alpha value is -8.58. The predicted molar refractivity (Wildman–Crippen MR) is 285 cm³/mol. The van der Waals surface area contributed by atoms with Crippen molar-refractivity contribution in [3.8, 4) is 61.8 Å². The summed E-state index contributed by atoms with van der Waals surface area (Å²) in [6, 6.07) is 82.4. The number of aromatic nitrogens is 4. The molecule has 0 fully saturated rings. The van der Waals surface area contributed by atoms with Crippen LogP contribution in [0.3, 0.4) is 0 Å². The van der Waals surface area contributed by atoms with Crippen molar-refractivity contribution in [1.82, 2.24) is 18.9 Å². The molecule has 0 saturated carbocycles. The number of nitrogens with zero attached hydrogens (tertiary/aromatic N) is 4. The quantitative estimate of drug-likeness (QED) is 0.128. The van der Waals surface area contributed by atoms with Crippen LogP contribution in [0.15, 0.2) is 231 Å². The first-order valence-corrected chi connectivity index (χ1v) is 25.7. The van der Waals surface area contributed by atoms with E-state index < -0.39 is 13.5 Å². The largest absolute Gasteiger partial charge is 0.457 e. The summed E-state index contributed by atoms with van der Waals surface area (Å²) in [5, 5.41) is 4.96. The second-order valence-corrected chi connectivity index (χ2v) is 22.7. The fourth-order valence-electron chi connectivity index (χ4n) is 11.8. The van der Waals surface area contributed by atoms with Gasteiger partial charge in [-0.05, 0) is 97.1 Å². The lowest BCUT2D eigenvalue weighted by Gasteiger charge is -2.41. The van der Waals surface area contributed by atoms with Gasteiger partial charge in [0.2, 0.25) is 5.78 Å². The fourth-order valence-corrected chi connectivity index (χ4v) is 16.7. The second-order valence-electron chi connectivity index (χ2n) is 18.9. The van der Waals surface area contributed by atoms with Gasteiger partial charge in [0.05, 0.1) is 27.8 Å². The number of imidazole rings is 2. The molecule has 0 amide bonds. The van der Waals surface area contributed by atoms with Crippen LogP contribution in [0.1, 0.15) is 25.0 Å². The van der Waals surface area contributed by atoms with E-state index in [0.29, 0.717) is 0 Å². The average Bonchev–Trinajstić information content (AvgIpc) is 3.94. The maximum absolute atomic E-state index is 7.50. The normalized spacial score (nSPS) is 13.3. The summed E-state index contributed by atoms with van der Waals surface area (Å²) in [6.07, 6.45) is 1.91. The summed E-state index contributed by atoms with van der Waals surface area (Å²) in [5.41, 5.74) is 16.3. The van der Waals surface area contributed by atoms with Gasteiger partial charge in [-0.25, -0.2) is 4.98 Å². The maximum atomic E-state index is 7.50. The highest BCUT2D eigenvalue weighted by Gasteiger charge is 2.48. The lowest BCUT2D eigenvalue weighted by atomic mass is 9.75. The molecule has 2 aliphatic rings. The molecule has 0 spiro atoms. The van der Waals surface area contributed by atoms with Crippen molar-refractivity contribution < 1.29 is 4.74 Å². The topological polar surface area (TPSA) is 44.4 Å². The first-order valence-electron chi connectivity index (χ1n) is 23.7. The van der Waals surface area contributed by atoms with Crippen LogP contribution in [0.25, 0.3) is 78.2 Å². The van der Waals surface area contributed by atoms with Crippen LogP contribution in [0.5, 0.6) is 11.5 Å². The van der Waals surface area contributed by atoms with E-state index in [1.807, 2.05) is 6.20 Å². The predicted octanol–water partition coefficient (Wildman–Crippen LogP) is 12.6. The van der Waals surface area contributed by atoms with Gasteiger partial charge in [0, 0.05) is 39.6 Å². The number of fused-ring (bicyclic) bond motifs is 15. The standard InChI is InChI=1S/C63H44N4OSi/c1-63(2)52-29-13-18-34-58(52)68-61-53(63)38-41(66-56-32-16-17-33-57(56)67-55-31-15-14-30-54(55)65-62(66)67)39-59(61)69(42-20-5-3-6-21-42,43-22-7-4-8-23-43)44-35-36-48-46-25-11-12-27-49(46)60-50(28-19-37-64-60)45-24-9-10-26-47(45)51(48)40-44/h3-40H,1-2H3. The van der Waals surface area contributed by atoms with E-state index in [4.69, 9.17) is 14.7 Å². The van der Waals surface area contributed by atoms with Crippen molar-refractivity contribution in [1.29, 1.82) is 0 Å². The highest BCUT2D eigenvalue weighted by molar-refractivity contribution is 7.20. The molecular formula is C63H44N4OSi. The lowest BCUT2D eigenvalue weighted by molar-refractivity contribution is 0.421. The average molecular weight is 901 g/mol. The van der Waals surface area contributed by atoms with Crippen LogP contribution in [0.4, 0.5) is 0 Å². The van der Waals surface area contributed by atoms with Crippen LogP contribution in [0.2, 0.25) is 0 Å². The molecular weight excluding hydrogens is 857 g/mol. The van der Waals surface area contributed by atoms with Gasteiger partial charge in [-0.2, -0.15) is 0 Å². The molecule has 69 heavy (non-hydrogen) atoms. The maximum Gasteiger partial charge on any atom is 0.220 e. The molecule has 326 valence electrons. The molecule has 0 atom stereocenters. The van der Waals surface area contributed by atoms with Crippen molar-refractivity contribution in [2.24, 2.45) is 0 Å². The first kappa shape index (κ1) is 39.6. The smallest absolute Gasteiger partial charge is 0.220 e. The fraction of sp³-hybridized carbons (Fsp3) is 0.0476. The number of para-hydroxylation sites is 5. The Kier molecular flexibility index (Phi) is 8.58. The van der Waals surface area contributed by atoms with Gasteiger partial charge >= 0.3 is 0 Å². The molecule has 4 heterocycles. The van der Waals surface area contributed by atoms with Crippen molar-refractivity contribution in [2.45, 2.75) is 19.3 Å². The number of hydrogen-bond donors (Lipinski definition) is 0. The zero-order chi connectivity index (χ0) is 45.8. The minimum Gasteiger partial charge on any atom is -0.457 e. The van der Waals surface area contributed by atoms with Crippen LogP contribution in [-0.2, 0) is 5.41 Å². The van der Waals surface area contributed by atoms with Gasteiger partial charge < -0.3 is 4.74 Å². The van der Waals surface area contributed by atoms with Crippen molar-refractivity contribution >= 4 is 56.7 Å². The van der Waals surface area contributed by atoms with E-state index in [0.717, 1.165) is 84.1 Å². The first-order chi connectivity index (χ1) is 34.0. The van der Waals surface area contributed by atoms with Gasteiger partial charge in [-0.3, -0.25) is 14.0 Å². The van der Waals surface area contributed by atoms with Gasteiger partial charge in [0.1, 0.15) is 11.5 Å². The van der Waals surface area contributed by atoms with Crippen LogP contribution in [0, 0.1) is 0 Å². The molecule has 5 nitrogen and oxygen atoms in total. The van der Waals surface area contributed by atoms with Crippen LogP contribution < -0.4 is 25.5 Å². The Balaban J connectivity index is 1.15. The summed E-state index contributed by atoms with van der Waals surface area (Å²) in [7, 11) is -3.42.